The third kappa shape index (κ3) is 8.32. The van der Waals surface area contributed by atoms with Crippen molar-refractivity contribution < 1.29 is 4.39 Å². The van der Waals surface area contributed by atoms with Crippen molar-refractivity contribution in [2.24, 2.45) is 0 Å². The zero-order chi connectivity index (χ0) is 43.1. The second kappa shape index (κ2) is 18.8. The Balaban J connectivity index is 0.924. The van der Waals surface area contributed by atoms with Crippen LogP contribution in [-0.4, -0.2) is 13.3 Å². The van der Waals surface area contributed by atoms with Crippen LogP contribution >= 0.6 is 0 Å². The van der Waals surface area contributed by atoms with Crippen LogP contribution in [0.5, 0.6) is 0 Å². The molecule has 3 aliphatic rings. The summed E-state index contributed by atoms with van der Waals surface area (Å²) in [5, 5.41) is 0. The van der Waals surface area contributed by atoms with E-state index in [2.05, 4.69) is 210 Å². The van der Waals surface area contributed by atoms with Crippen LogP contribution in [-0.2, 0) is 0 Å². The first-order chi connectivity index (χ1) is 31.6. The molecule has 64 heavy (non-hydrogen) atoms. The number of nitrogens with zero attached hydrogens (tertiary/aromatic N) is 2. The Kier molecular flexibility index (Phi) is 12.1. The number of benzene rings is 7. The first kappa shape index (κ1) is 41.1. The van der Waals surface area contributed by atoms with Crippen molar-refractivity contribution in [2.75, 3.05) is 9.80 Å². The van der Waals surface area contributed by atoms with Gasteiger partial charge >= 0.3 is 225 Å². The van der Waals surface area contributed by atoms with Crippen LogP contribution in [0.15, 0.2) is 269 Å². The Bertz CT molecular complexity index is 2760. The minimum Gasteiger partial charge on any atom is -0.311 e. The van der Waals surface area contributed by atoms with E-state index in [0.717, 1.165) is 67.0 Å². The van der Waals surface area contributed by atoms with Crippen molar-refractivity contribution in [3.05, 3.63) is 275 Å². The summed E-state index contributed by atoms with van der Waals surface area (Å²) in [6.45, 7) is 0. The molecule has 7 aromatic carbocycles. The standard InChI is InChI=1S/C60H51FGeN2/c61-50-34-40-58(41-35-50)64(60-44-42-59(43-45-60)63(55-22-12-4-13-23-55)56-24-14-5-15-25-56)57-38-32-49(33-39-57)47-28-26-46(27-29-47)48-30-36-54(37-31-48)62(51-16-6-1-7-17-51,52-18-8-2-9-19-52)53-20-10-3-11-21-53/h1-26,28,30,32,34-36,38,40-45H,27,29,31,33,37,39H2. The average Bonchev–Trinajstić information content (AvgIpc) is 3.38. The topological polar surface area (TPSA) is 6.48 Å². The predicted octanol–water partition coefficient (Wildman–Crippen LogP) is 14.0. The summed E-state index contributed by atoms with van der Waals surface area (Å²) in [6, 6.07) is 70.5. The number of para-hydroxylation sites is 2. The summed E-state index contributed by atoms with van der Waals surface area (Å²) in [6.07, 6.45) is 20.4. The van der Waals surface area contributed by atoms with Crippen LogP contribution < -0.4 is 23.0 Å². The summed E-state index contributed by atoms with van der Waals surface area (Å²) < 4.78 is 20.3. The van der Waals surface area contributed by atoms with Gasteiger partial charge in [-0.15, -0.1) is 0 Å². The summed E-state index contributed by atoms with van der Waals surface area (Å²) in [5.41, 5.74) is 12.2. The van der Waals surface area contributed by atoms with Crippen LogP contribution in [0.3, 0.4) is 0 Å². The fourth-order valence-electron chi connectivity index (χ4n) is 10.0. The first-order valence-electron chi connectivity index (χ1n) is 22.6. The van der Waals surface area contributed by atoms with Crippen LogP contribution in [0.4, 0.5) is 32.8 Å². The Morgan fingerprint density at radius 2 is 0.625 bits per heavy atom. The number of allylic oxidation sites excluding steroid dienone is 12. The van der Waals surface area contributed by atoms with Gasteiger partial charge in [0.25, 0.3) is 0 Å². The van der Waals surface area contributed by atoms with Gasteiger partial charge in [0.2, 0.25) is 0 Å². The minimum atomic E-state index is -3.22. The van der Waals surface area contributed by atoms with E-state index in [0.29, 0.717) is 0 Å². The molecule has 0 aromatic heterocycles. The molecule has 0 unspecified atom stereocenters. The van der Waals surface area contributed by atoms with E-state index in [-0.39, 0.29) is 5.82 Å². The molecule has 0 aliphatic heterocycles. The van der Waals surface area contributed by atoms with E-state index >= 15 is 0 Å². The first-order valence-corrected chi connectivity index (χ1v) is 26.8. The van der Waals surface area contributed by atoms with Gasteiger partial charge in [0.1, 0.15) is 5.82 Å². The molecular formula is C60H51FGeN2. The predicted molar refractivity (Wildman–Crippen MR) is 270 cm³/mol. The van der Waals surface area contributed by atoms with Crippen LogP contribution in [0.25, 0.3) is 0 Å². The molecule has 0 heterocycles. The normalized spacial score (nSPS) is 15.1. The third-order valence-electron chi connectivity index (χ3n) is 13.1. The fraction of sp³-hybridized carbons (Fsp3) is 0.100. The molecule has 0 N–H and O–H groups in total. The zero-order valence-electron chi connectivity index (χ0n) is 36.0. The van der Waals surface area contributed by atoms with E-state index in [1.165, 1.54) is 41.2 Å². The van der Waals surface area contributed by atoms with Gasteiger partial charge in [-0.3, -0.25) is 0 Å². The second-order valence-corrected chi connectivity index (χ2v) is 24.9. The molecule has 3 aliphatic carbocycles. The molecule has 0 radical (unpaired) electrons. The summed E-state index contributed by atoms with van der Waals surface area (Å²) in [7, 11) is 0. The Hall–Kier alpha value is -6.95. The van der Waals surface area contributed by atoms with E-state index in [9.17, 15) is 4.39 Å². The Labute approximate surface area is 380 Å². The van der Waals surface area contributed by atoms with Crippen molar-refractivity contribution in [1.29, 1.82) is 0 Å². The number of rotatable bonds is 12. The van der Waals surface area contributed by atoms with E-state index in [4.69, 9.17) is 0 Å². The van der Waals surface area contributed by atoms with Gasteiger partial charge in [0, 0.05) is 28.4 Å². The van der Waals surface area contributed by atoms with Crippen LogP contribution in [0, 0.1) is 5.82 Å². The molecule has 0 amide bonds. The van der Waals surface area contributed by atoms with Gasteiger partial charge < -0.3 is 9.80 Å². The summed E-state index contributed by atoms with van der Waals surface area (Å²) in [5.74, 6) is -0.237. The third-order valence-corrected chi connectivity index (χ3v) is 23.6. The molecule has 4 heteroatoms. The van der Waals surface area contributed by atoms with Crippen LogP contribution in [0.2, 0.25) is 0 Å². The second-order valence-electron chi connectivity index (χ2n) is 16.8. The maximum Gasteiger partial charge on any atom is 0.0463 e. The molecule has 0 saturated carbocycles. The van der Waals surface area contributed by atoms with Gasteiger partial charge in [-0.05, 0) is 72.8 Å². The molecule has 312 valence electrons. The number of anilines is 5. The number of halogens is 1. The summed E-state index contributed by atoms with van der Waals surface area (Å²) >= 11 is -3.22. The summed E-state index contributed by atoms with van der Waals surface area (Å²) in [4.78, 5) is 4.55. The largest absolute Gasteiger partial charge is 0.311 e. The molecule has 2 nitrogen and oxygen atoms in total. The Morgan fingerprint density at radius 1 is 0.297 bits per heavy atom. The average molecular weight is 892 g/mol. The van der Waals surface area contributed by atoms with E-state index in [1.54, 1.807) is 16.5 Å². The number of hydrogen-bond acceptors (Lipinski definition) is 2. The van der Waals surface area contributed by atoms with Crippen molar-refractivity contribution in [3.8, 4) is 0 Å². The molecule has 0 atom stereocenters. The minimum absolute atomic E-state index is 0.237. The maximum atomic E-state index is 14.3. The molecule has 0 bridgehead atoms. The number of hydrogen-bond donors (Lipinski definition) is 0. The SMILES string of the molecule is Fc1ccc(N(C2=CC=C(C3=CC=C(C4=CC=[C]([Ge]([c]5ccccc5)([c]5ccccc5)[c]5ccccc5)CC4)CC3)CC2)c2ccc(N(c3ccccc3)c3ccccc3)cc2)cc1. The van der Waals surface area contributed by atoms with Crippen molar-refractivity contribution in [2.45, 2.75) is 38.5 Å². The monoisotopic (exact) mass is 892 g/mol. The molecule has 10 rings (SSSR count). The van der Waals surface area contributed by atoms with Gasteiger partial charge in [0.15, 0.2) is 0 Å². The van der Waals surface area contributed by atoms with Gasteiger partial charge in [0.05, 0.1) is 0 Å². The molecule has 0 spiro atoms. The fourth-order valence-corrected chi connectivity index (χ4v) is 20.6. The Morgan fingerprint density at radius 3 is 1.00 bits per heavy atom. The molecular weight excluding hydrogens is 840 g/mol. The van der Waals surface area contributed by atoms with Gasteiger partial charge in [-0.2, -0.15) is 0 Å². The quantitative estimate of drug-likeness (QED) is 0.113. The van der Waals surface area contributed by atoms with Gasteiger partial charge in [-0.1, -0.05) is 36.4 Å². The van der Waals surface area contributed by atoms with Crippen LogP contribution in [0.1, 0.15) is 38.5 Å². The van der Waals surface area contributed by atoms with E-state index in [1.807, 2.05) is 24.3 Å². The zero-order valence-corrected chi connectivity index (χ0v) is 38.1. The van der Waals surface area contributed by atoms with Crippen molar-refractivity contribution in [1.82, 2.24) is 0 Å². The molecule has 7 aromatic rings. The van der Waals surface area contributed by atoms with Crippen molar-refractivity contribution >= 4 is 54.9 Å². The van der Waals surface area contributed by atoms with Crippen molar-refractivity contribution in [3.63, 3.8) is 0 Å². The molecule has 0 saturated heterocycles. The molecule has 0 fully saturated rings. The maximum absolute atomic E-state index is 14.3. The van der Waals surface area contributed by atoms with Gasteiger partial charge in [-0.25, -0.2) is 4.39 Å². The smallest absolute Gasteiger partial charge is 0.0463 e. The van der Waals surface area contributed by atoms with E-state index < -0.39 is 13.3 Å².